The van der Waals surface area contributed by atoms with Crippen LogP contribution >= 0.6 is 0 Å². The van der Waals surface area contributed by atoms with Gasteiger partial charge in [-0.3, -0.25) is 4.79 Å². The number of anilines is 1. The number of rotatable bonds is 6. The monoisotopic (exact) mass is 304 g/mol. The van der Waals surface area contributed by atoms with Crippen LogP contribution in [0.5, 0.6) is 0 Å². The summed E-state index contributed by atoms with van der Waals surface area (Å²) < 4.78 is 1.79. The van der Waals surface area contributed by atoms with E-state index in [1.165, 1.54) is 6.33 Å². The van der Waals surface area contributed by atoms with Crippen LogP contribution in [0.3, 0.4) is 0 Å². The number of hydrogen-bond donors (Lipinski definition) is 2. The van der Waals surface area contributed by atoms with E-state index in [1.807, 2.05) is 20.8 Å². The summed E-state index contributed by atoms with van der Waals surface area (Å²) in [5.74, 6) is 0.834. The smallest absolute Gasteiger partial charge is 0.225 e. The molecule has 2 heterocycles. The first kappa shape index (κ1) is 16.2. The summed E-state index contributed by atoms with van der Waals surface area (Å²) >= 11 is 0. The average molecular weight is 304 g/mol. The maximum Gasteiger partial charge on any atom is 0.225 e. The molecule has 0 aliphatic rings. The second-order valence-corrected chi connectivity index (χ2v) is 6.26. The summed E-state index contributed by atoms with van der Waals surface area (Å²) in [6, 6.07) is 0. The number of fused-ring (bicyclic) bond motifs is 1. The van der Waals surface area contributed by atoms with E-state index in [0.717, 1.165) is 29.8 Å². The SMILES string of the molecule is CCCNc1ncnc2c1cnn2CCNC(=O)C(C)(C)C. The molecule has 0 radical (unpaired) electrons. The number of nitrogens with one attached hydrogen (secondary N) is 2. The van der Waals surface area contributed by atoms with Crippen LogP contribution in [0.4, 0.5) is 5.82 Å². The Bertz CT molecular complexity index is 643. The van der Waals surface area contributed by atoms with E-state index in [9.17, 15) is 4.79 Å². The highest BCUT2D eigenvalue weighted by atomic mass is 16.2. The van der Waals surface area contributed by atoms with Crippen molar-refractivity contribution in [3.8, 4) is 0 Å². The predicted molar refractivity (Wildman–Crippen MR) is 86.6 cm³/mol. The molecule has 0 saturated heterocycles. The molecule has 0 saturated carbocycles. The Morgan fingerprint density at radius 1 is 1.27 bits per heavy atom. The van der Waals surface area contributed by atoms with Gasteiger partial charge in [-0.2, -0.15) is 5.10 Å². The van der Waals surface area contributed by atoms with Crippen LogP contribution in [-0.4, -0.2) is 38.7 Å². The molecule has 22 heavy (non-hydrogen) atoms. The van der Waals surface area contributed by atoms with E-state index < -0.39 is 0 Å². The molecule has 0 aliphatic heterocycles. The van der Waals surface area contributed by atoms with Gasteiger partial charge in [-0.15, -0.1) is 0 Å². The fourth-order valence-corrected chi connectivity index (χ4v) is 1.98. The lowest BCUT2D eigenvalue weighted by Crippen LogP contribution is -2.36. The van der Waals surface area contributed by atoms with Gasteiger partial charge in [0.15, 0.2) is 5.65 Å². The lowest BCUT2D eigenvalue weighted by molar-refractivity contribution is -0.128. The van der Waals surface area contributed by atoms with Crippen LogP contribution in [0.2, 0.25) is 0 Å². The molecule has 0 fully saturated rings. The molecule has 0 bridgehead atoms. The lowest BCUT2D eigenvalue weighted by Gasteiger charge is -2.17. The van der Waals surface area contributed by atoms with Gasteiger partial charge in [0.1, 0.15) is 12.1 Å². The third kappa shape index (κ3) is 3.72. The Morgan fingerprint density at radius 3 is 2.73 bits per heavy atom. The van der Waals surface area contributed by atoms with Crippen molar-refractivity contribution in [1.82, 2.24) is 25.1 Å². The zero-order valence-electron chi connectivity index (χ0n) is 13.7. The van der Waals surface area contributed by atoms with Crippen LogP contribution < -0.4 is 10.6 Å². The predicted octanol–water partition coefficient (Wildman–Crippen LogP) is 1.81. The van der Waals surface area contributed by atoms with Gasteiger partial charge < -0.3 is 10.6 Å². The maximum atomic E-state index is 11.9. The van der Waals surface area contributed by atoms with Gasteiger partial charge in [-0.05, 0) is 6.42 Å². The Kier molecular flexibility index (Phi) is 4.95. The van der Waals surface area contributed by atoms with Crippen LogP contribution in [0.15, 0.2) is 12.5 Å². The number of nitrogens with zero attached hydrogens (tertiary/aromatic N) is 4. The highest BCUT2D eigenvalue weighted by Gasteiger charge is 2.20. The minimum Gasteiger partial charge on any atom is -0.369 e. The molecule has 0 spiro atoms. The van der Waals surface area contributed by atoms with Crippen molar-refractivity contribution < 1.29 is 4.79 Å². The summed E-state index contributed by atoms with van der Waals surface area (Å²) in [4.78, 5) is 20.4. The molecule has 7 nitrogen and oxygen atoms in total. The molecule has 2 N–H and O–H groups in total. The third-order valence-electron chi connectivity index (χ3n) is 3.27. The van der Waals surface area contributed by atoms with Crippen molar-refractivity contribution in [3.05, 3.63) is 12.5 Å². The topological polar surface area (TPSA) is 84.7 Å². The van der Waals surface area contributed by atoms with Gasteiger partial charge >= 0.3 is 0 Å². The molecule has 2 rings (SSSR count). The first-order chi connectivity index (χ1) is 10.4. The van der Waals surface area contributed by atoms with E-state index in [-0.39, 0.29) is 11.3 Å². The van der Waals surface area contributed by atoms with Gasteiger partial charge in [-0.1, -0.05) is 27.7 Å². The number of carbonyl (C=O) groups excluding carboxylic acids is 1. The highest BCUT2D eigenvalue weighted by Crippen LogP contribution is 2.18. The summed E-state index contributed by atoms with van der Waals surface area (Å²) in [6.07, 6.45) is 4.32. The summed E-state index contributed by atoms with van der Waals surface area (Å²) in [6.45, 7) is 9.75. The molecule has 7 heteroatoms. The van der Waals surface area contributed by atoms with Gasteiger partial charge in [0, 0.05) is 18.5 Å². The maximum absolute atomic E-state index is 11.9. The first-order valence-electron chi connectivity index (χ1n) is 7.62. The third-order valence-corrected chi connectivity index (χ3v) is 3.27. The number of amides is 1. The van der Waals surface area contributed by atoms with E-state index >= 15 is 0 Å². The van der Waals surface area contributed by atoms with E-state index in [1.54, 1.807) is 10.9 Å². The molecule has 2 aromatic heterocycles. The highest BCUT2D eigenvalue weighted by molar-refractivity contribution is 5.86. The minimum atomic E-state index is -0.383. The minimum absolute atomic E-state index is 0.0314. The number of aromatic nitrogens is 4. The standard InChI is InChI=1S/C15H24N6O/c1-5-6-16-12-11-9-20-21(13(11)19-10-18-12)8-7-17-14(22)15(2,3)4/h9-10H,5-8H2,1-4H3,(H,17,22)(H,16,18,19). The summed E-state index contributed by atoms with van der Waals surface area (Å²) in [7, 11) is 0. The Labute approximate surface area is 130 Å². The fraction of sp³-hybridized carbons (Fsp3) is 0.600. The molecule has 120 valence electrons. The molecule has 2 aromatic rings. The van der Waals surface area contributed by atoms with Gasteiger partial charge in [0.2, 0.25) is 5.91 Å². The molecular formula is C15H24N6O. The second-order valence-electron chi connectivity index (χ2n) is 6.26. The zero-order chi connectivity index (χ0) is 16.2. The van der Waals surface area contributed by atoms with Crippen molar-refractivity contribution in [2.24, 2.45) is 5.41 Å². The lowest BCUT2D eigenvalue weighted by atomic mass is 9.96. The van der Waals surface area contributed by atoms with Gasteiger partial charge in [0.05, 0.1) is 18.1 Å². The molecule has 0 aliphatic carbocycles. The van der Waals surface area contributed by atoms with Crippen LogP contribution in [-0.2, 0) is 11.3 Å². The fourth-order valence-electron chi connectivity index (χ4n) is 1.98. The Morgan fingerprint density at radius 2 is 2.05 bits per heavy atom. The van der Waals surface area contributed by atoms with Crippen LogP contribution in [0.1, 0.15) is 34.1 Å². The van der Waals surface area contributed by atoms with Gasteiger partial charge in [0.25, 0.3) is 0 Å². The van der Waals surface area contributed by atoms with E-state index in [0.29, 0.717) is 13.1 Å². The zero-order valence-corrected chi connectivity index (χ0v) is 13.7. The van der Waals surface area contributed by atoms with Crippen molar-refractivity contribution in [1.29, 1.82) is 0 Å². The largest absolute Gasteiger partial charge is 0.369 e. The Balaban J connectivity index is 2.05. The van der Waals surface area contributed by atoms with Crippen molar-refractivity contribution in [2.75, 3.05) is 18.4 Å². The first-order valence-corrected chi connectivity index (χ1v) is 7.62. The van der Waals surface area contributed by atoms with Crippen LogP contribution in [0, 0.1) is 5.41 Å². The van der Waals surface area contributed by atoms with E-state index in [2.05, 4.69) is 32.6 Å². The summed E-state index contributed by atoms with van der Waals surface area (Å²) in [5, 5.41) is 11.4. The summed E-state index contributed by atoms with van der Waals surface area (Å²) in [5.41, 5.74) is 0.393. The van der Waals surface area contributed by atoms with E-state index in [4.69, 9.17) is 0 Å². The number of hydrogen-bond acceptors (Lipinski definition) is 5. The van der Waals surface area contributed by atoms with Crippen molar-refractivity contribution in [2.45, 2.75) is 40.7 Å². The molecule has 1 amide bonds. The van der Waals surface area contributed by atoms with Crippen molar-refractivity contribution in [3.63, 3.8) is 0 Å². The average Bonchev–Trinajstić information content (AvgIpc) is 2.88. The van der Waals surface area contributed by atoms with Crippen molar-refractivity contribution >= 4 is 22.8 Å². The Hall–Kier alpha value is -2.18. The number of carbonyl (C=O) groups is 1. The molecule has 0 atom stereocenters. The second kappa shape index (κ2) is 6.72. The normalized spacial score (nSPS) is 11.6. The molecular weight excluding hydrogens is 280 g/mol. The quantitative estimate of drug-likeness (QED) is 0.850. The van der Waals surface area contributed by atoms with Crippen LogP contribution in [0.25, 0.3) is 11.0 Å². The molecule has 0 aromatic carbocycles. The van der Waals surface area contributed by atoms with Gasteiger partial charge in [-0.25, -0.2) is 14.6 Å². The molecule has 0 unspecified atom stereocenters.